The zero-order valence-electron chi connectivity index (χ0n) is 14.8. The monoisotopic (exact) mass is 375 g/mol. The lowest BCUT2D eigenvalue weighted by atomic mass is 10.1. The van der Waals surface area contributed by atoms with Crippen LogP contribution in [0.25, 0.3) is 28.5 Å². The number of aromatic nitrogens is 3. The first-order valence-electron chi connectivity index (χ1n) is 7.97. The lowest BCUT2D eigenvalue weighted by Gasteiger charge is -2.05. The Kier molecular flexibility index (Phi) is 4.89. The Bertz CT molecular complexity index is 1120. The number of methoxy groups -OCH3 is 1. The molecule has 0 aliphatic rings. The van der Waals surface area contributed by atoms with E-state index in [4.69, 9.17) is 4.74 Å². The molecule has 1 aromatic carbocycles. The molecule has 8 heteroatoms. The first-order valence-corrected chi connectivity index (χ1v) is 7.97. The van der Waals surface area contributed by atoms with Crippen molar-refractivity contribution in [1.82, 2.24) is 14.8 Å². The van der Waals surface area contributed by atoms with E-state index in [0.29, 0.717) is 11.4 Å². The van der Waals surface area contributed by atoms with Crippen LogP contribution in [0.3, 0.4) is 0 Å². The van der Waals surface area contributed by atoms with E-state index < -0.39 is 23.0 Å². The topological polar surface area (TPSA) is 59.9 Å². The van der Waals surface area contributed by atoms with Crippen molar-refractivity contribution in [1.29, 1.82) is 0 Å². The molecule has 140 valence electrons. The Morgan fingerprint density at radius 1 is 1.19 bits per heavy atom. The van der Waals surface area contributed by atoms with Gasteiger partial charge in [0.25, 0.3) is 5.56 Å². The van der Waals surface area contributed by atoms with Crippen LogP contribution >= 0.6 is 0 Å². The third-order valence-electron chi connectivity index (χ3n) is 3.96. The molecule has 3 aromatic rings. The van der Waals surface area contributed by atoms with Crippen LogP contribution in [0, 0.1) is 0 Å². The molecule has 0 radical (unpaired) electrons. The van der Waals surface area contributed by atoms with Gasteiger partial charge in [0, 0.05) is 11.8 Å². The molecule has 0 unspecified atom stereocenters. The van der Waals surface area contributed by atoms with Crippen molar-refractivity contribution in [3.05, 3.63) is 63.7 Å². The molecule has 0 saturated heterocycles. The minimum atomic E-state index is -1.22. The Morgan fingerprint density at radius 3 is 2.41 bits per heavy atom. The highest BCUT2D eigenvalue weighted by molar-refractivity contribution is 5.90. The molecule has 5 nitrogen and oxygen atoms in total. The number of aromatic amines is 1. The van der Waals surface area contributed by atoms with Crippen LogP contribution in [-0.4, -0.2) is 21.9 Å². The molecule has 0 fully saturated rings. The number of fused-ring (bicyclic) bond motifs is 1. The number of hydrogen-bond donors (Lipinski definition) is 1. The van der Waals surface area contributed by atoms with Gasteiger partial charge in [-0.3, -0.25) is 14.9 Å². The number of pyridine rings is 1. The molecule has 0 atom stereocenters. The van der Waals surface area contributed by atoms with Crippen LogP contribution in [0.1, 0.15) is 25.1 Å². The largest absolute Gasteiger partial charge is 0.497 e. The van der Waals surface area contributed by atoms with Gasteiger partial charge < -0.3 is 4.74 Å². The van der Waals surface area contributed by atoms with Crippen LogP contribution in [0.4, 0.5) is 13.2 Å². The zero-order valence-corrected chi connectivity index (χ0v) is 14.8. The van der Waals surface area contributed by atoms with Crippen molar-refractivity contribution in [3.63, 3.8) is 0 Å². The maximum absolute atomic E-state index is 14.2. The summed E-state index contributed by atoms with van der Waals surface area (Å²) in [5.41, 5.74) is -0.256. The lowest BCUT2D eigenvalue weighted by Crippen LogP contribution is -2.14. The van der Waals surface area contributed by atoms with E-state index in [-0.39, 0.29) is 22.2 Å². The van der Waals surface area contributed by atoms with E-state index in [1.165, 1.54) is 11.8 Å². The number of allylic oxidation sites excluding steroid dienone is 2. The lowest BCUT2D eigenvalue weighted by molar-refractivity contribution is 0.414. The van der Waals surface area contributed by atoms with Gasteiger partial charge in [-0.2, -0.15) is 0 Å². The normalized spacial score (nSPS) is 13.0. The third-order valence-corrected chi connectivity index (χ3v) is 3.96. The number of ether oxygens (including phenoxy) is 1. The summed E-state index contributed by atoms with van der Waals surface area (Å²) in [5.74, 6) is -2.35. The van der Waals surface area contributed by atoms with Crippen molar-refractivity contribution in [2.75, 3.05) is 7.11 Å². The highest BCUT2D eigenvalue weighted by atomic mass is 19.2. The molecular weight excluding hydrogens is 359 g/mol. The van der Waals surface area contributed by atoms with Gasteiger partial charge in [0.1, 0.15) is 17.3 Å². The number of hydrogen-bond acceptors (Lipinski definition) is 3. The summed E-state index contributed by atoms with van der Waals surface area (Å²) in [7, 11) is 1.52. The van der Waals surface area contributed by atoms with E-state index in [1.807, 2.05) is 0 Å². The minimum Gasteiger partial charge on any atom is -0.497 e. The van der Waals surface area contributed by atoms with Crippen molar-refractivity contribution in [3.8, 4) is 11.4 Å². The second-order valence-electron chi connectivity index (χ2n) is 5.84. The van der Waals surface area contributed by atoms with E-state index >= 15 is 0 Å². The molecule has 0 aliphatic carbocycles. The summed E-state index contributed by atoms with van der Waals surface area (Å²) in [6, 6.07) is 6.62. The minimum absolute atomic E-state index is 0.0497. The molecule has 0 amide bonds. The fourth-order valence-electron chi connectivity index (χ4n) is 2.68. The fourth-order valence-corrected chi connectivity index (χ4v) is 2.68. The maximum atomic E-state index is 14.2. The van der Waals surface area contributed by atoms with Gasteiger partial charge in [-0.1, -0.05) is 0 Å². The quantitative estimate of drug-likeness (QED) is 0.720. The SMILES string of the molecule is COc1ccc(-n2[nH]c3c(/C=C(\C)F)c(/C(F)=C(\C)F)ncc3c2=O)cc1. The number of H-pyrrole nitrogens is 1. The zero-order chi connectivity index (χ0) is 19.7. The van der Waals surface area contributed by atoms with Crippen molar-refractivity contribution in [2.24, 2.45) is 0 Å². The van der Waals surface area contributed by atoms with Crippen LogP contribution in [0.5, 0.6) is 5.75 Å². The van der Waals surface area contributed by atoms with E-state index in [2.05, 4.69) is 10.1 Å². The summed E-state index contributed by atoms with van der Waals surface area (Å²) < 4.78 is 47.4. The van der Waals surface area contributed by atoms with E-state index in [9.17, 15) is 18.0 Å². The number of benzene rings is 1. The standard InChI is InChI=1S/C19H16F3N3O2/c1-10(20)8-14-17-15(9-23-18(14)16(22)11(2)21)19(26)25(24-17)12-4-6-13(27-3)7-5-12/h4-9,24H,1-3H3/b10-8+,16-11-. The summed E-state index contributed by atoms with van der Waals surface area (Å²) in [6.07, 6.45) is 2.14. The van der Waals surface area contributed by atoms with Crippen molar-refractivity contribution < 1.29 is 17.9 Å². The Balaban J connectivity index is 2.32. The fraction of sp³-hybridized carbons (Fsp3) is 0.158. The smallest absolute Gasteiger partial charge is 0.280 e. The molecule has 0 spiro atoms. The van der Waals surface area contributed by atoms with Crippen LogP contribution in [0.2, 0.25) is 0 Å². The van der Waals surface area contributed by atoms with E-state index in [1.54, 1.807) is 24.3 Å². The van der Waals surface area contributed by atoms with Gasteiger partial charge in [-0.15, -0.1) is 0 Å². The molecule has 27 heavy (non-hydrogen) atoms. The van der Waals surface area contributed by atoms with Crippen LogP contribution in [0.15, 0.2) is 46.9 Å². The van der Waals surface area contributed by atoms with Gasteiger partial charge in [0.15, 0.2) is 5.83 Å². The molecule has 2 heterocycles. The number of halogens is 3. The molecule has 1 N–H and O–H groups in total. The molecule has 0 aliphatic heterocycles. The third kappa shape index (κ3) is 3.38. The van der Waals surface area contributed by atoms with Gasteiger partial charge in [-0.25, -0.2) is 17.9 Å². The Hall–Kier alpha value is -3.29. The average Bonchev–Trinajstić information content (AvgIpc) is 2.98. The van der Waals surface area contributed by atoms with Crippen molar-refractivity contribution >= 4 is 22.8 Å². The van der Waals surface area contributed by atoms with Crippen LogP contribution < -0.4 is 10.3 Å². The first kappa shape index (κ1) is 18.5. The molecule has 2 aromatic heterocycles. The number of nitrogens with zero attached hydrogens (tertiary/aromatic N) is 2. The summed E-state index contributed by atoms with van der Waals surface area (Å²) in [6.45, 7) is 2.09. The van der Waals surface area contributed by atoms with Gasteiger partial charge in [0.05, 0.1) is 29.5 Å². The molecular formula is C19H16F3N3O2. The van der Waals surface area contributed by atoms with Gasteiger partial charge in [-0.05, 0) is 44.2 Å². The predicted molar refractivity (Wildman–Crippen MR) is 97.8 cm³/mol. The highest BCUT2D eigenvalue weighted by Crippen LogP contribution is 2.29. The average molecular weight is 375 g/mol. The van der Waals surface area contributed by atoms with Gasteiger partial charge in [0.2, 0.25) is 0 Å². The molecule has 0 saturated carbocycles. The Labute approximate surface area is 152 Å². The maximum Gasteiger partial charge on any atom is 0.280 e. The Morgan fingerprint density at radius 2 is 1.85 bits per heavy atom. The summed E-state index contributed by atoms with van der Waals surface area (Å²) in [4.78, 5) is 16.5. The van der Waals surface area contributed by atoms with Crippen LogP contribution in [-0.2, 0) is 0 Å². The first-order chi connectivity index (χ1) is 12.8. The molecule has 3 rings (SSSR count). The van der Waals surface area contributed by atoms with Gasteiger partial charge >= 0.3 is 0 Å². The number of rotatable bonds is 4. The molecule has 0 bridgehead atoms. The van der Waals surface area contributed by atoms with E-state index in [0.717, 1.165) is 26.1 Å². The summed E-state index contributed by atoms with van der Waals surface area (Å²) in [5, 5.41) is 2.94. The second kappa shape index (κ2) is 7.14. The predicted octanol–water partition coefficient (Wildman–Crippen LogP) is 4.68. The highest BCUT2D eigenvalue weighted by Gasteiger charge is 2.19. The second-order valence-corrected chi connectivity index (χ2v) is 5.84. The summed E-state index contributed by atoms with van der Waals surface area (Å²) >= 11 is 0. The number of nitrogens with one attached hydrogen (secondary N) is 1. The van der Waals surface area contributed by atoms with Crippen molar-refractivity contribution in [2.45, 2.75) is 13.8 Å².